The Kier molecular flexibility index (Phi) is 2.95. The van der Waals surface area contributed by atoms with Crippen molar-refractivity contribution in [1.82, 2.24) is 0 Å². The van der Waals surface area contributed by atoms with Gasteiger partial charge in [-0.05, 0) is 25.1 Å². The summed E-state index contributed by atoms with van der Waals surface area (Å²) in [7, 11) is -3.46. The highest BCUT2D eigenvalue weighted by Gasteiger charge is 2.10. The molecule has 78 valence electrons. The van der Waals surface area contributed by atoms with Crippen molar-refractivity contribution in [2.45, 2.75) is 6.92 Å². The molecule has 1 aromatic carbocycles. The maximum absolute atomic E-state index is 13.1. The number of nitrogens with two attached hydrogens (primary N) is 1. The van der Waals surface area contributed by atoms with E-state index >= 15 is 0 Å². The van der Waals surface area contributed by atoms with E-state index < -0.39 is 15.8 Å². The lowest BCUT2D eigenvalue weighted by Crippen LogP contribution is -2.15. The molecule has 3 N–H and O–H groups in total. The number of halogens is 1. The molecule has 0 aliphatic heterocycles. The Morgan fingerprint density at radius 1 is 1.50 bits per heavy atom. The lowest BCUT2D eigenvalue weighted by Gasteiger charge is -2.07. The van der Waals surface area contributed by atoms with Crippen LogP contribution in [0.4, 0.5) is 15.8 Å². The standard InChI is InChI=1S/C8H11FN2O2S/c1-2-14(12,13)11-8-5-6(10)3-4-7(8)9/h3-5,11H,2,10H2,1H3. The molecule has 0 saturated carbocycles. The first kappa shape index (κ1) is 10.8. The number of hydrogen-bond acceptors (Lipinski definition) is 3. The van der Waals surface area contributed by atoms with E-state index in [9.17, 15) is 12.8 Å². The first-order valence-electron chi connectivity index (χ1n) is 4.00. The van der Waals surface area contributed by atoms with E-state index in [0.717, 1.165) is 6.07 Å². The van der Waals surface area contributed by atoms with E-state index in [4.69, 9.17) is 5.73 Å². The average Bonchev–Trinajstić information content (AvgIpc) is 2.11. The number of nitrogen functional groups attached to an aromatic ring is 1. The summed E-state index contributed by atoms with van der Waals surface area (Å²) in [5.41, 5.74) is 5.57. The van der Waals surface area contributed by atoms with Crippen molar-refractivity contribution in [2.75, 3.05) is 16.2 Å². The summed E-state index contributed by atoms with van der Waals surface area (Å²) in [5.74, 6) is -0.752. The maximum atomic E-state index is 13.1. The number of anilines is 2. The molecule has 1 rings (SSSR count). The van der Waals surface area contributed by atoms with Crippen LogP contribution in [0.2, 0.25) is 0 Å². The van der Waals surface area contributed by atoms with Gasteiger partial charge >= 0.3 is 0 Å². The van der Waals surface area contributed by atoms with Crippen molar-refractivity contribution in [2.24, 2.45) is 0 Å². The van der Waals surface area contributed by atoms with Crippen molar-refractivity contribution < 1.29 is 12.8 Å². The van der Waals surface area contributed by atoms with E-state index in [1.54, 1.807) is 0 Å². The normalized spacial score (nSPS) is 11.3. The van der Waals surface area contributed by atoms with E-state index in [-0.39, 0.29) is 11.4 Å². The molecule has 0 unspecified atom stereocenters. The molecule has 0 atom stereocenters. The lowest BCUT2D eigenvalue weighted by molar-refractivity contribution is 0.599. The van der Waals surface area contributed by atoms with Gasteiger partial charge in [-0.15, -0.1) is 0 Å². The molecule has 6 heteroatoms. The average molecular weight is 218 g/mol. The molecule has 0 aromatic heterocycles. The summed E-state index contributed by atoms with van der Waals surface area (Å²) >= 11 is 0. The Morgan fingerprint density at radius 3 is 2.71 bits per heavy atom. The highest BCUT2D eigenvalue weighted by atomic mass is 32.2. The van der Waals surface area contributed by atoms with Gasteiger partial charge in [-0.1, -0.05) is 0 Å². The van der Waals surface area contributed by atoms with Crippen molar-refractivity contribution in [3.8, 4) is 0 Å². The summed E-state index contributed by atoms with van der Waals surface area (Å²) < 4.78 is 37.4. The molecule has 0 bridgehead atoms. The zero-order valence-corrected chi connectivity index (χ0v) is 8.44. The number of benzene rings is 1. The molecule has 0 amide bonds. The first-order chi connectivity index (χ1) is 6.44. The summed E-state index contributed by atoms with van der Waals surface area (Å²) in [4.78, 5) is 0. The Balaban J connectivity index is 3.03. The molecule has 0 saturated heterocycles. The van der Waals surface area contributed by atoms with Crippen LogP contribution in [-0.4, -0.2) is 14.2 Å². The third-order valence-corrected chi connectivity index (χ3v) is 2.93. The fraction of sp³-hybridized carbons (Fsp3) is 0.250. The van der Waals surface area contributed by atoms with Crippen molar-refractivity contribution >= 4 is 21.4 Å². The van der Waals surface area contributed by atoms with Gasteiger partial charge in [-0.25, -0.2) is 12.8 Å². The van der Waals surface area contributed by atoms with Crippen LogP contribution >= 0.6 is 0 Å². The third-order valence-electron chi connectivity index (χ3n) is 1.64. The molecule has 0 spiro atoms. The van der Waals surface area contributed by atoms with Crippen LogP contribution in [-0.2, 0) is 10.0 Å². The summed E-state index contributed by atoms with van der Waals surface area (Å²) in [5, 5.41) is 0. The van der Waals surface area contributed by atoms with E-state index in [1.165, 1.54) is 19.1 Å². The van der Waals surface area contributed by atoms with Crippen LogP contribution in [0, 0.1) is 5.82 Å². The predicted molar refractivity (Wildman–Crippen MR) is 53.9 cm³/mol. The second-order valence-corrected chi connectivity index (χ2v) is 4.76. The zero-order valence-electron chi connectivity index (χ0n) is 7.62. The zero-order chi connectivity index (χ0) is 10.8. The second kappa shape index (κ2) is 3.83. The molecule has 1 aromatic rings. The smallest absolute Gasteiger partial charge is 0.232 e. The Hall–Kier alpha value is -1.30. The predicted octanol–water partition coefficient (Wildman–Crippen LogP) is 1.17. The van der Waals surface area contributed by atoms with Gasteiger partial charge in [0.2, 0.25) is 10.0 Å². The van der Waals surface area contributed by atoms with Gasteiger partial charge < -0.3 is 5.73 Å². The van der Waals surface area contributed by atoms with Gasteiger partial charge in [0, 0.05) is 5.69 Å². The van der Waals surface area contributed by atoms with Crippen LogP contribution < -0.4 is 10.5 Å². The van der Waals surface area contributed by atoms with E-state index in [2.05, 4.69) is 4.72 Å². The maximum Gasteiger partial charge on any atom is 0.232 e. The highest BCUT2D eigenvalue weighted by molar-refractivity contribution is 7.92. The third kappa shape index (κ3) is 2.59. The summed E-state index contributed by atoms with van der Waals surface area (Å²) in [6.45, 7) is 1.46. The molecule has 0 fully saturated rings. The first-order valence-corrected chi connectivity index (χ1v) is 5.65. The Bertz CT molecular complexity index is 431. The van der Waals surface area contributed by atoms with Crippen molar-refractivity contribution in [3.05, 3.63) is 24.0 Å². The Labute approximate surface area is 82.0 Å². The van der Waals surface area contributed by atoms with Gasteiger partial charge in [0.05, 0.1) is 11.4 Å². The summed E-state index contributed by atoms with van der Waals surface area (Å²) in [6.07, 6.45) is 0. The molecule has 0 heterocycles. The summed E-state index contributed by atoms with van der Waals surface area (Å²) in [6, 6.07) is 3.71. The minimum atomic E-state index is -3.46. The van der Waals surface area contributed by atoms with Crippen molar-refractivity contribution in [3.63, 3.8) is 0 Å². The molecular weight excluding hydrogens is 207 g/mol. The topological polar surface area (TPSA) is 72.2 Å². The monoisotopic (exact) mass is 218 g/mol. The van der Waals surface area contributed by atoms with Gasteiger partial charge in [-0.2, -0.15) is 0 Å². The largest absolute Gasteiger partial charge is 0.399 e. The molecular formula is C8H11FN2O2S. The highest BCUT2D eigenvalue weighted by Crippen LogP contribution is 2.18. The van der Waals surface area contributed by atoms with Gasteiger partial charge in [0.25, 0.3) is 0 Å². The minimum Gasteiger partial charge on any atom is -0.399 e. The van der Waals surface area contributed by atoms with E-state index in [0.29, 0.717) is 5.69 Å². The fourth-order valence-corrected chi connectivity index (χ4v) is 1.50. The number of nitrogens with one attached hydrogen (secondary N) is 1. The quantitative estimate of drug-likeness (QED) is 0.748. The number of hydrogen-bond donors (Lipinski definition) is 2. The molecule has 0 aliphatic carbocycles. The van der Waals surface area contributed by atoms with Gasteiger partial charge in [0.1, 0.15) is 5.82 Å². The number of sulfonamides is 1. The number of rotatable bonds is 3. The van der Waals surface area contributed by atoms with Crippen LogP contribution in [0.15, 0.2) is 18.2 Å². The molecule has 4 nitrogen and oxygen atoms in total. The lowest BCUT2D eigenvalue weighted by atomic mass is 10.3. The molecule has 0 aliphatic rings. The van der Waals surface area contributed by atoms with Crippen LogP contribution in [0.1, 0.15) is 6.92 Å². The van der Waals surface area contributed by atoms with Crippen LogP contribution in [0.25, 0.3) is 0 Å². The molecule has 14 heavy (non-hydrogen) atoms. The van der Waals surface area contributed by atoms with Gasteiger partial charge in [0.15, 0.2) is 0 Å². The van der Waals surface area contributed by atoms with Crippen molar-refractivity contribution in [1.29, 1.82) is 0 Å². The molecule has 0 radical (unpaired) electrons. The second-order valence-electron chi connectivity index (χ2n) is 2.74. The van der Waals surface area contributed by atoms with E-state index in [1.807, 2.05) is 0 Å². The van der Waals surface area contributed by atoms with Crippen LogP contribution in [0.3, 0.4) is 0 Å². The van der Waals surface area contributed by atoms with Gasteiger partial charge in [-0.3, -0.25) is 4.72 Å². The minimum absolute atomic E-state index is 0.110. The SMILES string of the molecule is CCS(=O)(=O)Nc1cc(N)ccc1F. The Morgan fingerprint density at radius 2 is 2.14 bits per heavy atom. The fourth-order valence-electron chi connectivity index (χ4n) is 0.861. The van der Waals surface area contributed by atoms with Crippen LogP contribution in [0.5, 0.6) is 0 Å².